The van der Waals surface area contributed by atoms with Crippen LogP contribution in [0.2, 0.25) is 0 Å². The highest BCUT2D eigenvalue weighted by Crippen LogP contribution is 2.00. The molecule has 60 valence electrons. The Morgan fingerprint density at radius 2 is 1.82 bits per heavy atom. The van der Waals surface area contributed by atoms with Crippen molar-refractivity contribution >= 4 is 5.84 Å². The zero-order chi connectivity index (χ0) is 7.56. The van der Waals surface area contributed by atoms with Crippen LogP contribution in [0, 0.1) is 11.2 Å². The van der Waals surface area contributed by atoms with E-state index >= 15 is 0 Å². The van der Waals surface area contributed by atoms with Crippen molar-refractivity contribution in [1.82, 2.24) is 0 Å². The van der Waals surface area contributed by atoms with Gasteiger partial charge in [0.15, 0.2) is 0 Å². The lowest BCUT2D eigenvalue weighted by molar-refractivity contribution is -0.00000304. The molecule has 2 nitrogen and oxygen atoms in total. The van der Waals surface area contributed by atoms with Gasteiger partial charge in [-0.2, -0.15) is 0 Å². The Balaban J connectivity index is 0. The summed E-state index contributed by atoms with van der Waals surface area (Å²) in [5, 5.41) is 6.96. The zero-order valence-electron chi connectivity index (χ0n) is 6.64. The Hall–Kier alpha value is -1.09. The van der Waals surface area contributed by atoms with Gasteiger partial charge in [-0.1, -0.05) is 0 Å². The standard InChI is InChI=1S/C7H7FN2.ClH/c8-6-3-1-5(2-4-6)7(9)10;/h1-4H,(H3,9,10);1H. The molecular formula is C7H8ClFN2. The molecule has 0 heterocycles. The Kier molecular flexibility index (Phi) is 3.54. The molecule has 0 unspecified atom stereocenters. The van der Waals surface area contributed by atoms with Crippen LogP contribution in [-0.4, -0.2) is 5.84 Å². The van der Waals surface area contributed by atoms with E-state index in [4.69, 9.17) is 11.1 Å². The minimum Gasteiger partial charge on any atom is -1.00 e. The summed E-state index contributed by atoms with van der Waals surface area (Å²) in [5.41, 5.74) is 5.67. The number of hydrogen-bond donors (Lipinski definition) is 2. The van der Waals surface area contributed by atoms with Crippen LogP contribution in [0.4, 0.5) is 4.39 Å². The molecule has 0 fully saturated rings. The van der Waals surface area contributed by atoms with Crippen molar-refractivity contribution in [2.24, 2.45) is 5.73 Å². The number of amidine groups is 1. The molecule has 1 rings (SSSR count). The number of benzene rings is 1. The molecule has 0 atom stereocenters. The van der Waals surface area contributed by atoms with Gasteiger partial charge >= 0.3 is 1.43 Å². The van der Waals surface area contributed by atoms with Gasteiger partial charge in [-0.25, -0.2) is 4.39 Å². The fourth-order valence-electron chi connectivity index (χ4n) is 0.629. The number of nitrogen functional groups attached to an aromatic ring is 1. The monoisotopic (exact) mass is 174 g/mol. The van der Waals surface area contributed by atoms with Crippen molar-refractivity contribution in [2.75, 3.05) is 0 Å². The maximum atomic E-state index is 12.2. The Labute approximate surface area is 71.6 Å². The molecule has 0 aliphatic heterocycles. The van der Waals surface area contributed by atoms with Crippen LogP contribution in [0.15, 0.2) is 24.3 Å². The molecule has 0 spiro atoms. The normalized spacial score (nSPS) is 8.45. The van der Waals surface area contributed by atoms with Crippen molar-refractivity contribution in [2.45, 2.75) is 0 Å². The quantitative estimate of drug-likeness (QED) is 0.384. The first-order valence-corrected chi connectivity index (χ1v) is 2.80. The number of rotatable bonds is 1. The van der Waals surface area contributed by atoms with Crippen molar-refractivity contribution < 1.29 is 18.2 Å². The average Bonchev–Trinajstić information content (AvgIpc) is 1.88. The summed E-state index contributed by atoms with van der Waals surface area (Å²) in [7, 11) is 0. The number of nitrogens with two attached hydrogens (primary N) is 1. The second-order valence-electron chi connectivity index (χ2n) is 1.92. The second kappa shape index (κ2) is 3.93. The summed E-state index contributed by atoms with van der Waals surface area (Å²) in [6.45, 7) is 0. The van der Waals surface area contributed by atoms with E-state index in [1.165, 1.54) is 24.3 Å². The Morgan fingerprint density at radius 1 is 1.36 bits per heavy atom. The van der Waals surface area contributed by atoms with E-state index in [1.54, 1.807) is 0 Å². The lowest BCUT2D eigenvalue weighted by Crippen LogP contribution is -3.00. The number of halogens is 2. The molecule has 1 aromatic rings. The molecule has 0 saturated heterocycles. The Morgan fingerprint density at radius 3 is 2.18 bits per heavy atom. The van der Waals surface area contributed by atoms with Crippen LogP contribution < -0.4 is 18.1 Å². The molecule has 0 aliphatic carbocycles. The van der Waals surface area contributed by atoms with Gasteiger partial charge in [0.2, 0.25) is 0 Å². The molecule has 0 aliphatic rings. The van der Waals surface area contributed by atoms with E-state index in [9.17, 15) is 4.39 Å². The summed E-state index contributed by atoms with van der Waals surface area (Å²) in [6, 6.07) is 5.49. The predicted octanol–water partition coefficient (Wildman–Crippen LogP) is -1.77. The van der Waals surface area contributed by atoms with Gasteiger partial charge in [-0.3, -0.25) is 5.41 Å². The van der Waals surface area contributed by atoms with Gasteiger partial charge in [0, 0.05) is 5.56 Å². The van der Waals surface area contributed by atoms with E-state index in [0.29, 0.717) is 5.56 Å². The van der Waals surface area contributed by atoms with E-state index in [1.807, 2.05) is 0 Å². The minimum absolute atomic E-state index is 0. The predicted molar refractivity (Wildman–Crippen MR) is 38.5 cm³/mol. The summed E-state index contributed by atoms with van der Waals surface area (Å²) < 4.78 is 12.2. The molecule has 0 bridgehead atoms. The van der Waals surface area contributed by atoms with E-state index in [-0.39, 0.29) is 25.5 Å². The van der Waals surface area contributed by atoms with Crippen LogP contribution in [0.1, 0.15) is 6.99 Å². The third kappa shape index (κ3) is 2.55. The van der Waals surface area contributed by atoms with E-state index in [2.05, 4.69) is 0 Å². The molecule has 11 heavy (non-hydrogen) atoms. The molecule has 1 aromatic carbocycles. The van der Waals surface area contributed by atoms with Crippen molar-refractivity contribution in [3.63, 3.8) is 0 Å². The van der Waals surface area contributed by atoms with Crippen LogP contribution in [0.25, 0.3) is 0 Å². The van der Waals surface area contributed by atoms with E-state index in [0.717, 1.165) is 0 Å². The van der Waals surface area contributed by atoms with Gasteiger partial charge in [0.25, 0.3) is 0 Å². The first-order chi connectivity index (χ1) is 4.70. The number of nitrogens with one attached hydrogen (secondary N) is 1. The van der Waals surface area contributed by atoms with Crippen molar-refractivity contribution in [3.05, 3.63) is 35.6 Å². The first kappa shape index (κ1) is 9.91. The van der Waals surface area contributed by atoms with E-state index < -0.39 is 0 Å². The summed E-state index contributed by atoms with van der Waals surface area (Å²) in [6.07, 6.45) is 0. The van der Waals surface area contributed by atoms with Crippen LogP contribution in [-0.2, 0) is 0 Å². The van der Waals surface area contributed by atoms with Gasteiger partial charge in [0.05, 0.1) is 0 Å². The van der Waals surface area contributed by atoms with Crippen molar-refractivity contribution in [1.29, 1.82) is 5.41 Å². The van der Waals surface area contributed by atoms with Crippen LogP contribution in [0.3, 0.4) is 0 Å². The molecule has 0 aromatic heterocycles. The fraction of sp³-hybridized carbons (Fsp3) is 0. The molecular weight excluding hydrogens is 167 g/mol. The first-order valence-electron chi connectivity index (χ1n) is 2.80. The molecule has 0 saturated carbocycles. The maximum absolute atomic E-state index is 12.2. The molecule has 0 radical (unpaired) electrons. The lowest BCUT2D eigenvalue weighted by Gasteiger charge is -1.94. The number of hydrogen-bond acceptors (Lipinski definition) is 1. The van der Waals surface area contributed by atoms with Gasteiger partial charge in [-0.15, -0.1) is 0 Å². The minimum atomic E-state index is -0.315. The maximum Gasteiger partial charge on any atom is 1.00 e. The molecule has 4 heteroatoms. The van der Waals surface area contributed by atoms with Crippen LogP contribution in [0.5, 0.6) is 0 Å². The average molecular weight is 175 g/mol. The smallest absolute Gasteiger partial charge is 1.00 e. The highest BCUT2D eigenvalue weighted by Gasteiger charge is 1.93. The fourth-order valence-corrected chi connectivity index (χ4v) is 0.629. The second-order valence-corrected chi connectivity index (χ2v) is 1.92. The largest absolute Gasteiger partial charge is 1.00 e. The van der Waals surface area contributed by atoms with Gasteiger partial charge in [-0.05, 0) is 24.3 Å². The zero-order valence-corrected chi connectivity index (χ0v) is 6.40. The topological polar surface area (TPSA) is 49.9 Å². The SMILES string of the molecule is N=C(N)c1ccc(F)cc1.[Cl-].[H+]. The van der Waals surface area contributed by atoms with Crippen molar-refractivity contribution in [3.8, 4) is 0 Å². The summed E-state index contributed by atoms with van der Waals surface area (Å²) >= 11 is 0. The highest BCUT2D eigenvalue weighted by molar-refractivity contribution is 5.94. The summed E-state index contributed by atoms with van der Waals surface area (Å²) in [5.74, 6) is -0.356. The summed E-state index contributed by atoms with van der Waals surface area (Å²) in [4.78, 5) is 0. The molecule has 3 N–H and O–H groups in total. The van der Waals surface area contributed by atoms with Gasteiger partial charge in [0.1, 0.15) is 11.7 Å². The Bertz CT molecular complexity index is 250. The lowest BCUT2D eigenvalue weighted by atomic mass is 10.2. The molecule has 0 amide bonds. The third-order valence-electron chi connectivity index (χ3n) is 1.16. The van der Waals surface area contributed by atoms with Gasteiger partial charge < -0.3 is 18.1 Å². The highest BCUT2D eigenvalue weighted by atomic mass is 35.5. The van der Waals surface area contributed by atoms with Crippen LogP contribution >= 0.6 is 0 Å². The third-order valence-corrected chi connectivity index (χ3v) is 1.16.